The van der Waals surface area contributed by atoms with Crippen molar-refractivity contribution in [1.82, 2.24) is 15.0 Å². The average Bonchev–Trinajstić information content (AvgIpc) is 2.32. The van der Waals surface area contributed by atoms with Crippen LogP contribution < -0.4 is 5.32 Å². The highest BCUT2D eigenvalue weighted by molar-refractivity contribution is 6.29. The predicted octanol–water partition coefficient (Wildman–Crippen LogP) is 2.32. The van der Waals surface area contributed by atoms with Crippen LogP contribution in [-0.2, 0) is 6.42 Å². The molecule has 0 aromatic carbocycles. The van der Waals surface area contributed by atoms with Gasteiger partial charge in [-0.1, -0.05) is 11.6 Å². The van der Waals surface area contributed by atoms with Gasteiger partial charge in [-0.15, -0.1) is 0 Å². The van der Waals surface area contributed by atoms with Crippen molar-refractivity contribution in [2.24, 2.45) is 0 Å². The van der Waals surface area contributed by atoms with Gasteiger partial charge in [0.2, 0.25) is 5.95 Å². The van der Waals surface area contributed by atoms with Crippen molar-refractivity contribution in [3.05, 3.63) is 47.3 Å². The van der Waals surface area contributed by atoms with E-state index in [1.165, 1.54) is 12.3 Å². The summed E-state index contributed by atoms with van der Waals surface area (Å²) in [6.45, 7) is 0.610. The van der Waals surface area contributed by atoms with Gasteiger partial charge in [-0.2, -0.15) is 0 Å². The van der Waals surface area contributed by atoms with E-state index < -0.39 is 0 Å². The molecule has 1 N–H and O–H groups in total. The molecule has 0 aliphatic rings. The summed E-state index contributed by atoms with van der Waals surface area (Å²) in [7, 11) is 0. The van der Waals surface area contributed by atoms with Gasteiger partial charge in [0.1, 0.15) is 11.0 Å². The number of aromatic nitrogens is 3. The molecule has 6 heteroatoms. The summed E-state index contributed by atoms with van der Waals surface area (Å²) in [5.41, 5.74) is 0.806. The van der Waals surface area contributed by atoms with Crippen LogP contribution in [0, 0.1) is 5.82 Å². The molecule has 2 rings (SSSR count). The lowest BCUT2D eigenvalue weighted by Crippen LogP contribution is -2.08. The molecule has 0 aliphatic carbocycles. The first-order valence-electron chi connectivity index (χ1n) is 5.07. The molecule has 2 heterocycles. The number of nitrogens with zero attached hydrogens (tertiary/aromatic N) is 3. The number of anilines is 1. The minimum Gasteiger partial charge on any atom is -0.354 e. The Balaban J connectivity index is 1.85. The lowest BCUT2D eigenvalue weighted by molar-refractivity contribution is 0.619. The van der Waals surface area contributed by atoms with Gasteiger partial charge >= 0.3 is 0 Å². The van der Waals surface area contributed by atoms with Crippen molar-refractivity contribution in [2.45, 2.75) is 6.42 Å². The average molecular weight is 253 g/mol. The van der Waals surface area contributed by atoms with Crippen LogP contribution in [0.1, 0.15) is 5.69 Å². The standard InChI is InChI=1S/C11H10ClFN4/c12-10-4-6-15-11(17-10)14-5-3-9-2-1-8(13)7-16-9/h1-2,4,6-7H,3,5H2,(H,14,15,17). The van der Waals surface area contributed by atoms with Crippen molar-refractivity contribution in [1.29, 1.82) is 0 Å². The second-order valence-electron chi connectivity index (χ2n) is 3.35. The molecule has 2 aromatic rings. The van der Waals surface area contributed by atoms with E-state index in [2.05, 4.69) is 20.3 Å². The van der Waals surface area contributed by atoms with Crippen molar-refractivity contribution < 1.29 is 4.39 Å². The fraction of sp³-hybridized carbons (Fsp3) is 0.182. The first-order valence-corrected chi connectivity index (χ1v) is 5.45. The summed E-state index contributed by atoms with van der Waals surface area (Å²) in [4.78, 5) is 11.9. The van der Waals surface area contributed by atoms with E-state index >= 15 is 0 Å². The Morgan fingerprint density at radius 1 is 1.24 bits per heavy atom. The minimum absolute atomic E-state index is 0.333. The van der Waals surface area contributed by atoms with Crippen molar-refractivity contribution >= 4 is 17.5 Å². The van der Waals surface area contributed by atoms with Crippen LogP contribution in [0.3, 0.4) is 0 Å². The lowest BCUT2D eigenvalue weighted by Gasteiger charge is -2.04. The molecule has 0 spiro atoms. The van der Waals surface area contributed by atoms with Gasteiger partial charge in [0.25, 0.3) is 0 Å². The van der Waals surface area contributed by atoms with Gasteiger partial charge in [-0.05, 0) is 18.2 Å². The summed E-state index contributed by atoms with van der Waals surface area (Å²) < 4.78 is 12.6. The monoisotopic (exact) mass is 252 g/mol. The number of pyridine rings is 1. The Hall–Kier alpha value is -1.75. The molecule has 0 atom stereocenters. The van der Waals surface area contributed by atoms with E-state index in [0.29, 0.717) is 24.1 Å². The molecule has 0 saturated carbocycles. The van der Waals surface area contributed by atoms with Crippen LogP contribution in [0.5, 0.6) is 0 Å². The molecule has 0 bridgehead atoms. The molecular weight excluding hydrogens is 243 g/mol. The van der Waals surface area contributed by atoms with E-state index in [0.717, 1.165) is 5.69 Å². The van der Waals surface area contributed by atoms with Gasteiger partial charge in [0, 0.05) is 24.9 Å². The largest absolute Gasteiger partial charge is 0.354 e. The molecule has 2 aromatic heterocycles. The Kier molecular flexibility index (Phi) is 3.82. The maximum absolute atomic E-state index is 12.6. The van der Waals surface area contributed by atoms with Gasteiger partial charge in [-0.3, -0.25) is 4.98 Å². The Labute approximate surface area is 103 Å². The topological polar surface area (TPSA) is 50.7 Å². The highest BCUT2D eigenvalue weighted by Crippen LogP contribution is 2.06. The molecular formula is C11H10ClFN4. The zero-order valence-electron chi connectivity index (χ0n) is 8.90. The fourth-order valence-corrected chi connectivity index (χ4v) is 1.41. The lowest BCUT2D eigenvalue weighted by atomic mass is 10.3. The molecule has 0 saturated heterocycles. The second kappa shape index (κ2) is 5.54. The van der Waals surface area contributed by atoms with E-state index in [1.807, 2.05) is 0 Å². The third kappa shape index (κ3) is 3.64. The van der Waals surface area contributed by atoms with E-state index in [1.54, 1.807) is 18.3 Å². The molecule has 0 unspecified atom stereocenters. The highest BCUT2D eigenvalue weighted by atomic mass is 35.5. The SMILES string of the molecule is Fc1ccc(CCNc2nccc(Cl)n2)nc1. The minimum atomic E-state index is -0.333. The third-order valence-electron chi connectivity index (χ3n) is 2.07. The van der Waals surface area contributed by atoms with Crippen molar-refractivity contribution in [2.75, 3.05) is 11.9 Å². The summed E-state index contributed by atoms with van der Waals surface area (Å²) in [5, 5.41) is 3.40. The number of halogens is 2. The smallest absolute Gasteiger partial charge is 0.224 e. The number of hydrogen-bond donors (Lipinski definition) is 1. The second-order valence-corrected chi connectivity index (χ2v) is 3.73. The summed E-state index contributed by atoms with van der Waals surface area (Å²) in [5.74, 6) is 0.138. The quantitative estimate of drug-likeness (QED) is 0.849. The predicted molar refractivity (Wildman–Crippen MR) is 63.4 cm³/mol. The molecule has 0 fully saturated rings. The number of rotatable bonds is 4. The Bertz CT molecular complexity index is 489. The molecule has 4 nitrogen and oxygen atoms in total. The highest BCUT2D eigenvalue weighted by Gasteiger charge is 1.98. The molecule has 17 heavy (non-hydrogen) atoms. The summed E-state index contributed by atoms with van der Waals surface area (Å²) >= 11 is 5.71. The van der Waals surface area contributed by atoms with Gasteiger partial charge in [-0.25, -0.2) is 14.4 Å². The Morgan fingerprint density at radius 2 is 2.12 bits per heavy atom. The number of hydrogen-bond acceptors (Lipinski definition) is 4. The summed E-state index contributed by atoms with van der Waals surface area (Å²) in [6, 6.07) is 4.64. The van der Waals surface area contributed by atoms with Gasteiger partial charge in [0.15, 0.2) is 0 Å². The van der Waals surface area contributed by atoms with Crippen molar-refractivity contribution in [3.8, 4) is 0 Å². The first-order chi connectivity index (χ1) is 8.24. The van der Waals surface area contributed by atoms with Crippen LogP contribution in [0.25, 0.3) is 0 Å². The maximum atomic E-state index is 12.6. The molecule has 88 valence electrons. The molecule has 0 radical (unpaired) electrons. The van der Waals surface area contributed by atoms with E-state index in [4.69, 9.17) is 11.6 Å². The number of nitrogens with one attached hydrogen (secondary N) is 1. The summed E-state index contributed by atoms with van der Waals surface area (Å²) in [6.07, 6.45) is 3.44. The Morgan fingerprint density at radius 3 is 2.82 bits per heavy atom. The fourth-order valence-electron chi connectivity index (χ4n) is 1.28. The zero-order chi connectivity index (χ0) is 12.1. The van der Waals surface area contributed by atoms with Crippen LogP contribution in [0.2, 0.25) is 5.15 Å². The molecule has 0 aliphatic heterocycles. The zero-order valence-corrected chi connectivity index (χ0v) is 9.65. The van der Waals surface area contributed by atoms with Crippen molar-refractivity contribution in [3.63, 3.8) is 0 Å². The van der Waals surface area contributed by atoms with E-state index in [9.17, 15) is 4.39 Å². The van der Waals surface area contributed by atoms with Gasteiger partial charge in [0.05, 0.1) is 6.20 Å². The van der Waals surface area contributed by atoms with Crippen LogP contribution in [-0.4, -0.2) is 21.5 Å². The van der Waals surface area contributed by atoms with Gasteiger partial charge < -0.3 is 5.32 Å². The maximum Gasteiger partial charge on any atom is 0.224 e. The normalized spacial score (nSPS) is 10.2. The molecule has 0 amide bonds. The van der Waals surface area contributed by atoms with Crippen LogP contribution in [0.4, 0.5) is 10.3 Å². The van der Waals surface area contributed by atoms with E-state index in [-0.39, 0.29) is 5.82 Å². The van der Waals surface area contributed by atoms with Crippen LogP contribution >= 0.6 is 11.6 Å². The third-order valence-corrected chi connectivity index (χ3v) is 2.28. The first kappa shape index (κ1) is 11.7. The van der Waals surface area contributed by atoms with Crippen LogP contribution in [0.15, 0.2) is 30.6 Å².